The first-order chi connectivity index (χ1) is 17.6. The molecule has 1 N–H and O–H groups in total. The molecule has 0 bridgehead atoms. The summed E-state index contributed by atoms with van der Waals surface area (Å²) in [6.07, 6.45) is 0. The maximum atomic E-state index is 13.1. The van der Waals surface area contributed by atoms with E-state index in [1.807, 2.05) is 42.5 Å². The smallest absolute Gasteiger partial charge is 0.252 e. The van der Waals surface area contributed by atoms with Crippen molar-refractivity contribution in [3.8, 4) is 17.2 Å². The lowest BCUT2D eigenvalue weighted by Crippen LogP contribution is -2.28. The number of aromatic nitrogens is 5. The van der Waals surface area contributed by atoms with E-state index in [0.29, 0.717) is 74.4 Å². The molecule has 4 aromatic rings. The molecule has 1 aliphatic rings. The van der Waals surface area contributed by atoms with E-state index in [4.69, 9.17) is 18.9 Å². The van der Waals surface area contributed by atoms with Crippen molar-refractivity contribution in [3.63, 3.8) is 0 Å². The highest BCUT2D eigenvalue weighted by molar-refractivity contribution is 5.83. The fourth-order valence-electron chi connectivity index (χ4n) is 4.28. The number of aromatic amines is 1. The van der Waals surface area contributed by atoms with Gasteiger partial charge in [-0.3, -0.25) is 9.69 Å². The van der Waals surface area contributed by atoms with Crippen molar-refractivity contribution in [3.05, 3.63) is 69.8 Å². The second-order valence-corrected chi connectivity index (χ2v) is 8.47. The number of hydrogen-bond acceptors (Lipinski definition) is 9. The highest BCUT2D eigenvalue weighted by Crippen LogP contribution is 2.33. The summed E-state index contributed by atoms with van der Waals surface area (Å²) in [6.45, 7) is 3.33. The number of hydrogen-bond donors (Lipinski definition) is 1. The third kappa shape index (κ3) is 5.16. The number of ether oxygens (including phenoxy) is 4. The largest absolute Gasteiger partial charge is 0.496 e. The van der Waals surface area contributed by atoms with Crippen LogP contribution in [0.3, 0.4) is 0 Å². The molecular formula is C25H28N6O5. The van der Waals surface area contributed by atoms with E-state index in [-0.39, 0.29) is 5.56 Å². The van der Waals surface area contributed by atoms with Gasteiger partial charge in [0, 0.05) is 42.8 Å². The molecule has 3 heterocycles. The number of nitrogens with zero attached hydrogens (tertiary/aromatic N) is 5. The Kier molecular flexibility index (Phi) is 7.10. The van der Waals surface area contributed by atoms with Gasteiger partial charge in [0.1, 0.15) is 19.0 Å². The van der Waals surface area contributed by atoms with E-state index in [9.17, 15) is 4.79 Å². The molecule has 2 aromatic carbocycles. The quantitative estimate of drug-likeness (QED) is 0.355. The predicted octanol–water partition coefficient (Wildman–Crippen LogP) is 2.14. The van der Waals surface area contributed by atoms with E-state index in [1.54, 1.807) is 18.9 Å². The van der Waals surface area contributed by atoms with Crippen LogP contribution in [0.1, 0.15) is 17.0 Å². The first kappa shape index (κ1) is 23.8. The van der Waals surface area contributed by atoms with Crippen LogP contribution in [0.15, 0.2) is 47.3 Å². The lowest BCUT2D eigenvalue weighted by atomic mass is 10.1. The summed E-state index contributed by atoms with van der Waals surface area (Å²) in [5.41, 5.74) is 2.15. The van der Waals surface area contributed by atoms with Gasteiger partial charge in [0.15, 0.2) is 17.3 Å². The number of benzene rings is 2. The van der Waals surface area contributed by atoms with Gasteiger partial charge < -0.3 is 23.9 Å². The number of pyridine rings is 1. The fraction of sp³-hybridized carbons (Fsp3) is 0.360. The third-order valence-corrected chi connectivity index (χ3v) is 6.04. The molecule has 0 saturated carbocycles. The van der Waals surface area contributed by atoms with Crippen LogP contribution in [0.4, 0.5) is 0 Å². The number of H-pyrrole nitrogens is 1. The predicted molar refractivity (Wildman–Crippen MR) is 131 cm³/mol. The first-order valence-corrected chi connectivity index (χ1v) is 11.7. The van der Waals surface area contributed by atoms with Crippen LogP contribution in [-0.4, -0.2) is 64.1 Å². The SMILES string of the molecule is COCCn1nnnc1CN(Cc1ccccc1OC)Cc1cc2cc3c(cc2[nH]c1=O)OCCO3. The summed E-state index contributed by atoms with van der Waals surface area (Å²) in [5.74, 6) is 2.77. The minimum absolute atomic E-state index is 0.164. The molecule has 0 saturated heterocycles. The second kappa shape index (κ2) is 10.8. The van der Waals surface area contributed by atoms with Gasteiger partial charge in [0.25, 0.3) is 5.56 Å². The van der Waals surface area contributed by atoms with E-state index in [0.717, 1.165) is 16.7 Å². The van der Waals surface area contributed by atoms with Crippen LogP contribution >= 0.6 is 0 Å². The average molecular weight is 493 g/mol. The van der Waals surface area contributed by atoms with E-state index >= 15 is 0 Å². The van der Waals surface area contributed by atoms with Gasteiger partial charge in [0.05, 0.1) is 32.3 Å². The summed E-state index contributed by atoms with van der Waals surface area (Å²) in [6, 6.07) is 13.4. The van der Waals surface area contributed by atoms with Crippen LogP contribution < -0.4 is 19.8 Å². The Morgan fingerprint density at radius 2 is 1.81 bits per heavy atom. The summed E-state index contributed by atoms with van der Waals surface area (Å²) < 4.78 is 23.8. The van der Waals surface area contributed by atoms with Crippen LogP contribution in [-0.2, 0) is 30.9 Å². The van der Waals surface area contributed by atoms with Crippen molar-refractivity contribution in [1.82, 2.24) is 30.1 Å². The molecule has 0 unspecified atom stereocenters. The van der Waals surface area contributed by atoms with Crippen molar-refractivity contribution in [2.24, 2.45) is 0 Å². The fourth-order valence-corrected chi connectivity index (χ4v) is 4.28. The number of tetrazole rings is 1. The van der Waals surface area contributed by atoms with Crippen molar-refractivity contribution in [1.29, 1.82) is 0 Å². The molecule has 0 amide bonds. The molecule has 36 heavy (non-hydrogen) atoms. The maximum Gasteiger partial charge on any atom is 0.252 e. The zero-order valence-electron chi connectivity index (χ0n) is 20.3. The van der Waals surface area contributed by atoms with Crippen LogP contribution in [0.5, 0.6) is 17.2 Å². The second-order valence-electron chi connectivity index (χ2n) is 8.47. The zero-order chi connectivity index (χ0) is 24.9. The lowest BCUT2D eigenvalue weighted by Gasteiger charge is -2.23. The molecule has 11 heteroatoms. The Morgan fingerprint density at radius 1 is 1.03 bits per heavy atom. The molecule has 0 atom stereocenters. The first-order valence-electron chi connectivity index (χ1n) is 11.7. The molecular weight excluding hydrogens is 464 g/mol. The summed E-state index contributed by atoms with van der Waals surface area (Å²) in [4.78, 5) is 18.2. The van der Waals surface area contributed by atoms with Gasteiger partial charge in [-0.2, -0.15) is 0 Å². The van der Waals surface area contributed by atoms with Gasteiger partial charge in [-0.05, 0) is 28.6 Å². The van der Waals surface area contributed by atoms with Gasteiger partial charge in [0.2, 0.25) is 0 Å². The monoisotopic (exact) mass is 492 g/mol. The molecule has 2 aromatic heterocycles. The van der Waals surface area contributed by atoms with Crippen molar-refractivity contribution < 1.29 is 18.9 Å². The number of fused-ring (bicyclic) bond motifs is 2. The minimum Gasteiger partial charge on any atom is -0.496 e. The van der Waals surface area contributed by atoms with Gasteiger partial charge >= 0.3 is 0 Å². The Hall–Kier alpha value is -3.96. The van der Waals surface area contributed by atoms with Crippen LogP contribution in [0.25, 0.3) is 10.9 Å². The normalized spacial score (nSPS) is 12.9. The summed E-state index contributed by atoms with van der Waals surface area (Å²) in [5, 5.41) is 13.0. The Morgan fingerprint density at radius 3 is 2.61 bits per heavy atom. The topological polar surface area (TPSA) is 117 Å². The number of rotatable bonds is 10. The Labute approximate surface area is 207 Å². The number of methoxy groups -OCH3 is 2. The standard InChI is InChI=1S/C25H28N6O5/c1-33-8-7-31-24(27-28-29-31)16-30(14-17-5-3-4-6-21(17)34-2)15-19-11-18-12-22-23(36-10-9-35-22)13-20(18)26-25(19)32/h3-6,11-13H,7-10,14-16H2,1-2H3,(H,26,32). The Bertz CT molecular complexity index is 1400. The average Bonchev–Trinajstić information content (AvgIpc) is 3.33. The van der Waals surface area contributed by atoms with E-state index in [2.05, 4.69) is 25.4 Å². The molecule has 0 spiro atoms. The van der Waals surface area contributed by atoms with Crippen LogP contribution in [0, 0.1) is 0 Å². The molecule has 1 aliphatic heterocycles. The molecule has 188 valence electrons. The summed E-state index contributed by atoms with van der Waals surface area (Å²) >= 11 is 0. The molecule has 0 fully saturated rings. The van der Waals surface area contributed by atoms with E-state index < -0.39 is 0 Å². The third-order valence-electron chi connectivity index (χ3n) is 6.04. The number of para-hydroxylation sites is 1. The van der Waals surface area contributed by atoms with Gasteiger partial charge in [-0.1, -0.05) is 18.2 Å². The molecule has 0 radical (unpaired) electrons. The molecule has 5 rings (SSSR count). The maximum absolute atomic E-state index is 13.1. The lowest BCUT2D eigenvalue weighted by molar-refractivity contribution is 0.172. The zero-order valence-corrected chi connectivity index (χ0v) is 20.3. The van der Waals surface area contributed by atoms with Crippen molar-refractivity contribution >= 4 is 10.9 Å². The minimum atomic E-state index is -0.164. The van der Waals surface area contributed by atoms with Crippen LogP contribution in [0.2, 0.25) is 0 Å². The van der Waals surface area contributed by atoms with Crippen molar-refractivity contribution in [2.45, 2.75) is 26.2 Å². The highest BCUT2D eigenvalue weighted by Gasteiger charge is 2.19. The number of nitrogens with one attached hydrogen (secondary N) is 1. The molecule has 11 nitrogen and oxygen atoms in total. The highest BCUT2D eigenvalue weighted by atomic mass is 16.6. The molecule has 0 aliphatic carbocycles. The van der Waals surface area contributed by atoms with E-state index in [1.165, 1.54) is 0 Å². The van der Waals surface area contributed by atoms with Gasteiger partial charge in [-0.15, -0.1) is 5.10 Å². The Balaban J connectivity index is 1.47. The summed E-state index contributed by atoms with van der Waals surface area (Å²) in [7, 11) is 3.29. The van der Waals surface area contributed by atoms with Crippen molar-refractivity contribution in [2.75, 3.05) is 34.0 Å². The van der Waals surface area contributed by atoms with Gasteiger partial charge in [-0.25, -0.2) is 4.68 Å².